The number of anilines is 2. The van der Waals surface area contributed by atoms with Gasteiger partial charge >= 0.3 is 0 Å². The number of hydrogen-bond acceptors (Lipinski definition) is 5. The topological polar surface area (TPSA) is 54.5 Å². The summed E-state index contributed by atoms with van der Waals surface area (Å²) >= 11 is 7.50. The van der Waals surface area contributed by atoms with Crippen molar-refractivity contribution in [2.45, 2.75) is 0 Å². The van der Waals surface area contributed by atoms with Crippen molar-refractivity contribution in [1.82, 2.24) is 4.98 Å². The van der Waals surface area contributed by atoms with Gasteiger partial charge < -0.3 is 15.0 Å². The monoisotopic (exact) mass is 399 g/mol. The van der Waals surface area contributed by atoms with Crippen LogP contribution >= 0.6 is 22.9 Å². The minimum absolute atomic E-state index is 0.164. The average molecular weight is 400 g/mol. The van der Waals surface area contributed by atoms with Crippen molar-refractivity contribution in [3.8, 4) is 11.3 Å². The third-order valence-electron chi connectivity index (χ3n) is 4.32. The van der Waals surface area contributed by atoms with E-state index in [1.807, 2.05) is 24.3 Å². The number of nitrogens with one attached hydrogen (secondary N) is 1. The summed E-state index contributed by atoms with van der Waals surface area (Å²) in [6, 6.07) is 14.5. The summed E-state index contributed by atoms with van der Waals surface area (Å²) in [4.78, 5) is 19.3. The predicted octanol–water partition coefficient (Wildman–Crippen LogP) is 4.55. The second-order valence-corrected chi connectivity index (χ2v) is 7.43. The molecule has 1 aliphatic heterocycles. The van der Waals surface area contributed by atoms with Gasteiger partial charge in [0.15, 0.2) is 5.13 Å². The summed E-state index contributed by atoms with van der Waals surface area (Å²) < 4.78 is 5.39. The minimum atomic E-state index is -0.164. The molecule has 1 aliphatic rings. The zero-order valence-electron chi connectivity index (χ0n) is 14.5. The lowest BCUT2D eigenvalue weighted by Gasteiger charge is -2.26. The normalized spacial score (nSPS) is 14.2. The van der Waals surface area contributed by atoms with E-state index in [2.05, 4.69) is 15.6 Å². The number of benzene rings is 2. The zero-order valence-corrected chi connectivity index (χ0v) is 16.1. The molecule has 0 aliphatic carbocycles. The van der Waals surface area contributed by atoms with E-state index in [0.29, 0.717) is 10.6 Å². The van der Waals surface area contributed by atoms with E-state index in [-0.39, 0.29) is 5.91 Å². The molecular weight excluding hydrogens is 382 g/mol. The van der Waals surface area contributed by atoms with E-state index in [9.17, 15) is 4.79 Å². The van der Waals surface area contributed by atoms with Crippen molar-refractivity contribution in [2.75, 3.05) is 36.5 Å². The zero-order chi connectivity index (χ0) is 18.6. The molecule has 4 rings (SSSR count). The van der Waals surface area contributed by atoms with Crippen molar-refractivity contribution in [1.29, 1.82) is 0 Å². The van der Waals surface area contributed by atoms with Crippen LogP contribution in [0.4, 0.5) is 10.8 Å². The molecule has 0 atom stereocenters. The Morgan fingerprint density at radius 2 is 1.78 bits per heavy atom. The Morgan fingerprint density at radius 1 is 1.07 bits per heavy atom. The highest BCUT2D eigenvalue weighted by Crippen LogP contribution is 2.28. The van der Waals surface area contributed by atoms with Gasteiger partial charge in [0, 0.05) is 40.3 Å². The number of carbonyl (C=O) groups excluding carboxylic acids is 1. The molecule has 1 aromatic heterocycles. The van der Waals surface area contributed by atoms with E-state index in [0.717, 1.165) is 48.4 Å². The fourth-order valence-electron chi connectivity index (χ4n) is 2.83. The SMILES string of the molecule is O=C(Nc1ccc(-c2csc(N3CCOCC3)n2)cc1)c1ccc(Cl)cc1. The number of amides is 1. The Morgan fingerprint density at radius 3 is 2.48 bits per heavy atom. The van der Waals surface area contributed by atoms with Crippen molar-refractivity contribution < 1.29 is 9.53 Å². The van der Waals surface area contributed by atoms with Gasteiger partial charge in [-0.15, -0.1) is 11.3 Å². The maximum Gasteiger partial charge on any atom is 0.255 e. The number of morpholine rings is 1. The summed E-state index contributed by atoms with van der Waals surface area (Å²) in [5, 5.41) is 6.58. The Labute approximate surface area is 166 Å². The Balaban J connectivity index is 1.43. The lowest BCUT2D eigenvalue weighted by Crippen LogP contribution is -2.36. The maximum atomic E-state index is 12.3. The average Bonchev–Trinajstić information content (AvgIpc) is 3.20. The highest BCUT2D eigenvalue weighted by molar-refractivity contribution is 7.14. The summed E-state index contributed by atoms with van der Waals surface area (Å²) in [6.07, 6.45) is 0. The van der Waals surface area contributed by atoms with Crippen molar-refractivity contribution in [3.63, 3.8) is 0 Å². The lowest BCUT2D eigenvalue weighted by molar-refractivity contribution is 0.102. The van der Waals surface area contributed by atoms with Gasteiger partial charge in [-0.2, -0.15) is 0 Å². The number of ether oxygens (including phenoxy) is 1. The van der Waals surface area contributed by atoms with Crippen LogP contribution in [0.5, 0.6) is 0 Å². The van der Waals surface area contributed by atoms with Gasteiger partial charge in [-0.25, -0.2) is 4.98 Å². The van der Waals surface area contributed by atoms with E-state index in [1.165, 1.54) is 0 Å². The molecule has 2 aromatic carbocycles. The summed E-state index contributed by atoms with van der Waals surface area (Å²) in [5.41, 5.74) is 3.27. The highest BCUT2D eigenvalue weighted by Gasteiger charge is 2.15. The van der Waals surface area contributed by atoms with Crippen LogP contribution in [0, 0.1) is 0 Å². The molecule has 5 nitrogen and oxygen atoms in total. The molecule has 7 heteroatoms. The first-order valence-electron chi connectivity index (χ1n) is 8.64. The molecule has 1 saturated heterocycles. The van der Waals surface area contributed by atoms with Gasteiger partial charge in [0.1, 0.15) is 0 Å². The molecule has 138 valence electrons. The Hall–Kier alpha value is -2.41. The second kappa shape index (κ2) is 8.08. The molecule has 0 saturated carbocycles. The Kier molecular flexibility index (Phi) is 5.38. The predicted molar refractivity (Wildman–Crippen MR) is 110 cm³/mol. The van der Waals surface area contributed by atoms with Crippen LogP contribution in [-0.4, -0.2) is 37.2 Å². The van der Waals surface area contributed by atoms with Crippen molar-refractivity contribution in [2.24, 2.45) is 0 Å². The molecule has 0 spiro atoms. The van der Waals surface area contributed by atoms with Crippen LogP contribution in [0.1, 0.15) is 10.4 Å². The van der Waals surface area contributed by atoms with Gasteiger partial charge in [0.05, 0.1) is 18.9 Å². The number of carbonyl (C=O) groups is 1. The molecule has 0 bridgehead atoms. The van der Waals surface area contributed by atoms with E-state index >= 15 is 0 Å². The third kappa shape index (κ3) is 4.30. The third-order valence-corrected chi connectivity index (χ3v) is 5.47. The number of rotatable bonds is 4. The number of hydrogen-bond donors (Lipinski definition) is 1. The Bertz CT molecular complexity index is 919. The number of nitrogens with zero attached hydrogens (tertiary/aromatic N) is 2. The fourth-order valence-corrected chi connectivity index (χ4v) is 3.84. The van der Waals surface area contributed by atoms with Gasteiger partial charge in [-0.05, 0) is 36.4 Å². The fraction of sp³-hybridized carbons (Fsp3) is 0.200. The van der Waals surface area contributed by atoms with Gasteiger partial charge in [0.2, 0.25) is 0 Å². The maximum absolute atomic E-state index is 12.3. The molecule has 0 unspecified atom stereocenters. The van der Waals surface area contributed by atoms with Crippen LogP contribution < -0.4 is 10.2 Å². The van der Waals surface area contributed by atoms with Gasteiger partial charge in [0.25, 0.3) is 5.91 Å². The van der Waals surface area contributed by atoms with Gasteiger partial charge in [-0.3, -0.25) is 4.79 Å². The number of halogens is 1. The standard InChI is InChI=1S/C20H18ClN3O2S/c21-16-5-1-15(2-6-16)19(25)22-17-7-3-14(4-8-17)18-13-27-20(23-18)24-9-11-26-12-10-24/h1-8,13H,9-12H2,(H,22,25). The highest BCUT2D eigenvalue weighted by atomic mass is 35.5. The quantitative estimate of drug-likeness (QED) is 0.699. The van der Waals surface area contributed by atoms with Gasteiger partial charge in [-0.1, -0.05) is 23.7 Å². The summed E-state index contributed by atoms with van der Waals surface area (Å²) in [5.74, 6) is -0.164. The first kappa shape index (κ1) is 18.0. The van der Waals surface area contributed by atoms with Crippen molar-refractivity contribution in [3.05, 3.63) is 64.5 Å². The molecular formula is C20H18ClN3O2S. The van der Waals surface area contributed by atoms with Crippen LogP contribution in [-0.2, 0) is 4.74 Å². The molecule has 1 N–H and O–H groups in total. The van der Waals surface area contributed by atoms with Crippen molar-refractivity contribution >= 4 is 39.7 Å². The summed E-state index contributed by atoms with van der Waals surface area (Å²) in [6.45, 7) is 3.25. The van der Waals surface area contributed by atoms with E-state index in [4.69, 9.17) is 21.3 Å². The molecule has 2 heterocycles. The van der Waals surface area contributed by atoms with E-state index in [1.54, 1.807) is 35.6 Å². The number of aromatic nitrogens is 1. The molecule has 0 radical (unpaired) electrons. The van der Waals surface area contributed by atoms with Crippen LogP contribution in [0.3, 0.4) is 0 Å². The molecule has 1 fully saturated rings. The molecule has 3 aromatic rings. The molecule has 27 heavy (non-hydrogen) atoms. The molecule has 1 amide bonds. The largest absolute Gasteiger partial charge is 0.378 e. The lowest BCUT2D eigenvalue weighted by atomic mass is 10.1. The number of thiazole rings is 1. The van der Waals surface area contributed by atoms with Crippen LogP contribution in [0.25, 0.3) is 11.3 Å². The smallest absolute Gasteiger partial charge is 0.255 e. The first-order chi connectivity index (χ1) is 13.2. The van der Waals surface area contributed by atoms with Crippen LogP contribution in [0.2, 0.25) is 5.02 Å². The van der Waals surface area contributed by atoms with Crippen LogP contribution in [0.15, 0.2) is 53.9 Å². The summed E-state index contributed by atoms with van der Waals surface area (Å²) in [7, 11) is 0. The van der Waals surface area contributed by atoms with E-state index < -0.39 is 0 Å². The first-order valence-corrected chi connectivity index (χ1v) is 9.90. The second-order valence-electron chi connectivity index (χ2n) is 6.15. The minimum Gasteiger partial charge on any atom is -0.378 e.